The highest BCUT2D eigenvalue weighted by atomic mass is 16.5. The van der Waals surface area contributed by atoms with Crippen LogP contribution in [0.25, 0.3) is 0 Å². The van der Waals surface area contributed by atoms with Crippen molar-refractivity contribution in [2.24, 2.45) is 0 Å². The lowest BCUT2D eigenvalue weighted by atomic mass is 10.1. The van der Waals surface area contributed by atoms with E-state index in [-0.39, 0.29) is 17.1 Å². The Kier molecular flexibility index (Phi) is 3.34. The first-order valence-corrected chi connectivity index (χ1v) is 4.35. The summed E-state index contributed by atoms with van der Waals surface area (Å²) in [5.74, 6) is -2.75. The van der Waals surface area contributed by atoms with Crippen molar-refractivity contribution < 1.29 is 29.6 Å². The van der Waals surface area contributed by atoms with Gasteiger partial charge in [-0.1, -0.05) is 0 Å². The average Bonchev–Trinajstić information content (AvgIpc) is 2.11. The smallest absolute Gasteiger partial charge is 0.308 e. The van der Waals surface area contributed by atoms with E-state index >= 15 is 0 Å². The molecule has 0 heterocycles. The van der Waals surface area contributed by atoms with Gasteiger partial charge < -0.3 is 20.1 Å². The van der Waals surface area contributed by atoms with Crippen molar-refractivity contribution in [2.45, 2.75) is 13.3 Å². The molecule has 0 aliphatic rings. The Balaban J connectivity index is 3.06. The molecular formula is C10H10O6. The van der Waals surface area contributed by atoms with Gasteiger partial charge in [0.2, 0.25) is 0 Å². The maximum atomic E-state index is 10.6. The normalized spacial score (nSPS) is 9.81. The van der Waals surface area contributed by atoms with Crippen molar-refractivity contribution >= 4 is 11.9 Å². The highest BCUT2D eigenvalue weighted by Crippen LogP contribution is 2.33. The van der Waals surface area contributed by atoms with Gasteiger partial charge in [0.05, 0.1) is 6.42 Å². The molecule has 0 spiro atoms. The summed E-state index contributed by atoms with van der Waals surface area (Å²) in [7, 11) is 0. The van der Waals surface area contributed by atoms with Crippen LogP contribution in [-0.2, 0) is 16.0 Å². The fraction of sp³-hybridized carbons (Fsp3) is 0.200. The molecule has 86 valence electrons. The van der Waals surface area contributed by atoms with Crippen molar-refractivity contribution in [3.8, 4) is 17.2 Å². The number of phenolic OH excluding ortho intramolecular Hbond substituents is 2. The van der Waals surface area contributed by atoms with Gasteiger partial charge in [-0.15, -0.1) is 0 Å². The molecule has 0 bridgehead atoms. The van der Waals surface area contributed by atoms with Gasteiger partial charge in [-0.25, -0.2) is 0 Å². The van der Waals surface area contributed by atoms with Gasteiger partial charge >= 0.3 is 11.9 Å². The van der Waals surface area contributed by atoms with Crippen LogP contribution < -0.4 is 4.74 Å². The minimum absolute atomic E-state index is 0.0425. The summed E-state index contributed by atoms with van der Waals surface area (Å²) in [5, 5.41) is 27.3. The molecule has 0 amide bonds. The predicted octanol–water partition coefficient (Wildman–Crippen LogP) is 0.650. The van der Waals surface area contributed by atoms with Crippen LogP contribution in [0.5, 0.6) is 17.2 Å². The third kappa shape index (κ3) is 2.88. The van der Waals surface area contributed by atoms with Crippen LogP contribution in [0.1, 0.15) is 12.5 Å². The first-order chi connectivity index (χ1) is 7.40. The van der Waals surface area contributed by atoms with E-state index in [1.165, 1.54) is 0 Å². The van der Waals surface area contributed by atoms with Crippen molar-refractivity contribution in [1.29, 1.82) is 0 Å². The third-order valence-corrected chi connectivity index (χ3v) is 1.76. The Labute approximate surface area is 90.7 Å². The molecule has 3 N–H and O–H groups in total. The molecule has 6 heteroatoms. The molecule has 0 radical (unpaired) electrons. The second-order valence-electron chi connectivity index (χ2n) is 3.11. The summed E-state index contributed by atoms with van der Waals surface area (Å²) < 4.78 is 4.59. The van der Waals surface area contributed by atoms with Gasteiger partial charge in [0.15, 0.2) is 11.5 Å². The zero-order chi connectivity index (χ0) is 12.3. The number of rotatable bonds is 3. The molecule has 0 aliphatic heterocycles. The molecule has 0 aliphatic carbocycles. The fourth-order valence-corrected chi connectivity index (χ4v) is 1.14. The molecule has 1 aromatic rings. The molecular weight excluding hydrogens is 216 g/mol. The number of benzene rings is 1. The quantitative estimate of drug-likeness (QED) is 0.397. The zero-order valence-electron chi connectivity index (χ0n) is 8.43. The molecule has 0 atom stereocenters. The Bertz CT molecular complexity index is 395. The number of esters is 1. The first kappa shape index (κ1) is 11.8. The molecule has 0 saturated heterocycles. The number of aliphatic carboxylic acids is 1. The van der Waals surface area contributed by atoms with Gasteiger partial charge in [0, 0.05) is 18.6 Å². The summed E-state index contributed by atoms with van der Waals surface area (Å²) in [6.07, 6.45) is -0.431. The van der Waals surface area contributed by atoms with E-state index in [2.05, 4.69) is 4.74 Å². The minimum atomic E-state index is -1.14. The van der Waals surface area contributed by atoms with Gasteiger partial charge in [0.1, 0.15) is 5.75 Å². The highest BCUT2D eigenvalue weighted by molar-refractivity contribution is 5.73. The third-order valence-electron chi connectivity index (χ3n) is 1.76. The average molecular weight is 226 g/mol. The number of hydrogen-bond acceptors (Lipinski definition) is 5. The molecule has 16 heavy (non-hydrogen) atoms. The van der Waals surface area contributed by atoms with Gasteiger partial charge in [-0.05, 0) is 6.07 Å². The van der Waals surface area contributed by atoms with Gasteiger partial charge in [-0.2, -0.15) is 0 Å². The lowest BCUT2D eigenvalue weighted by molar-refractivity contribution is -0.136. The van der Waals surface area contributed by atoms with Crippen LogP contribution >= 0.6 is 0 Å². The lowest BCUT2D eigenvalue weighted by Crippen LogP contribution is -2.03. The molecule has 1 rings (SSSR count). The molecule has 0 unspecified atom stereocenters. The number of ether oxygens (including phenoxy) is 1. The molecule has 1 aromatic carbocycles. The standard InChI is InChI=1S/C10H10O6/c1-5(11)16-9-4-7(12)6(2-8(9)13)3-10(14)15/h2,4,12-13H,3H2,1H3,(H,14,15). The first-order valence-electron chi connectivity index (χ1n) is 4.35. The van der Waals surface area contributed by atoms with Crippen molar-refractivity contribution in [2.75, 3.05) is 0 Å². The number of aromatic hydroxyl groups is 2. The Hall–Kier alpha value is -2.24. The number of carbonyl (C=O) groups is 2. The van der Waals surface area contributed by atoms with Crippen molar-refractivity contribution in [1.82, 2.24) is 0 Å². The van der Waals surface area contributed by atoms with Crippen LogP contribution in [-0.4, -0.2) is 27.3 Å². The van der Waals surface area contributed by atoms with Gasteiger partial charge in [-0.3, -0.25) is 9.59 Å². The number of carboxylic acid groups (broad SMARTS) is 1. The van der Waals surface area contributed by atoms with E-state index in [1.807, 2.05) is 0 Å². The van der Waals surface area contributed by atoms with Crippen LogP contribution in [0.4, 0.5) is 0 Å². The molecule has 0 saturated carbocycles. The maximum absolute atomic E-state index is 10.6. The van der Waals surface area contributed by atoms with E-state index < -0.39 is 24.1 Å². The van der Waals surface area contributed by atoms with Crippen LogP contribution in [0.3, 0.4) is 0 Å². The Morgan fingerprint density at radius 2 is 1.88 bits per heavy atom. The maximum Gasteiger partial charge on any atom is 0.308 e. The topological polar surface area (TPSA) is 104 Å². The second kappa shape index (κ2) is 4.52. The summed E-state index contributed by atoms with van der Waals surface area (Å²) in [4.78, 5) is 21.0. The zero-order valence-corrected chi connectivity index (χ0v) is 8.43. The van der Waals surface area contributed by atoms with Crippen molar-refractivity contribution in [3.63, 3.8) is 0 Å². The largest absolute Gasteiger partial charge is 0.508 e. The van der Waals surface area contributed by atoms with E-state index in [0.29, 0.717) is 0 Å². The van der Waals surface area contributed by atoms with Crippen molar-refractivity contribution in [3.05, 3.63) is 17.7 Å². The van der Waals surface area contributed by atoms with Crippen LogP contribution in [0.2, 0.25) is 0 Å². The molecule has 0 fully saturated rings. The van der Waals surface area contributed by atoms with Crippen LogP contribution in [0, 0.1) is 0 Å². The van der Waals surface area contributed by atoms with Crippen LogP contribution in [0.15, 0.2) is 12.1 Å². The van der Waals surface area contributed by atoms with E-state index in [9.17, 15) is 19.8 Å². The van der Waals surface area contributed by atoms with E-state index in [1.54, 1.807) is 0 Å². The van der Waals surface area contributed by atoms with Gasteiger partial charge in [0.25, 0.3) is 0 Å². The minimum Gasteiger partial charge on any atom is -0.508 e. The number of phenols is 2. The van der Waals surface area contributed by atoms with E-state index in [4.69, 9.17) is 5.11 Å². The molecule has 0 aromatic heterocycles. The Morgan fingerprint density at radius 1 is 1.25 bits per heavy atom. The predicted molar refractivity (Wildman–Crippen MR) is 52.4 cm³/mol. The molecule has 6 nitrogen and oxygen atoms in total. The Morgan fingerprint density at radius 3 is 2.38 bits per heavy atom. The number of hydrogen-bond donors (Lipinski definition) is 3. The lowest BCUT2D eigenvalue weighted by Gasteiger charge is -2.07. The highest BCUT2D eigenvalue weighted by Gasteiger charge is 2.13. The number of carboxylic acids is 1. The summed E-state index contributed by atoms with van der Waals surface area (Å²) in [6, 6.07) is 2.04. The van der Waals surface area contributed by atoms with E-state index in [0.717, 1.165) is 19.1 Å². The monoisotopic (exact) mass is 226 g/mol. The SMILES string of the molecule is CC(=O)Oc1cc(O)c(CC(=O)O)cc1O. The summed E-state index contributed by atoms with van der Waals surface area (Å²) >= 11 is 0. The fourth-order valence-electron chi connectivity index (χ4n) is 1.14. The summed E-state index contributed by atoms with van der Waals surface area (Å²) in [5.41, 5.74) is 0.0425. The second-order valence-corrected chi connectivity index (χ2v) is 3.11. The summed E-state index contributed by atoms with van der Waals surface area (Å²) in [6.45, 7) is 1.14. The number of carbonyl (C=O) groups excluding carboxylic acids is 1.